The molecule has 0 aliphatic rings. The van der Waals surface area contributed by atoms with Gasteiger partial charge in [0.05, 0.1) is 0 Å². The van der Waals surface area contributed by atoms with Gasteiger partial charge in [0.1, 0.15) is 0 Å². The molecule has 1 unspecified atom stereocenters. The van der Waals surface area contributed by atoms with E-state index in [1.54, 1.807) is 0 Å². The summed E-state index contributed by atoms with van der Waals surface area (Å²) < 4.78 is 0. The van der Waals surface area contributed by atoms with Crippen molar-refractivity contribution in [3.63, 3.8) is 0 Å². The van der Waals surface area contributed by atoms with E-state index >= 15 is 0 Å². The fraction of sp³-hybridized carbons (Fsp3) is 0.143. The minimum Gasteiger partial charge on any atom is -0.0622 e. The molecule has 22 heavy (non-hydrogen) atoms. The molecule has 0 aliphatic heterocycles. The molecule has 0 N–H and O–H groups in total. The van der Waals surface area contributed by atoms with E-state index in [4.69, 9.17) is 0 Å². The van der Waals surface area contributed by atoms with E-state index in [1.165, 1.54) is 21.7 Å². The zero-order valence-corrected chi connectivity index (χ0v) is 14.3. The second-order valence-electron chi connectivity index (χ2n) is 5.20. The highest BCUT2D eigenvalue weighted by molar-refractivity contribution is 7.55. The maximum atomic E-state index is 2.26. The van der Waals surface area contributed by atoms with E-state index in [0.29, 0.717) is 0 Å². The second kappa shape index (κ2) is 9.18. The molecule has 0 amide bonds. The Bertz CT molecular complexity index is 660. The molecule has 0 heterocycles. The number of rotatable bonds is 3. The molecule has 0 saturated heterocycles. The van der Waals surface area contributed by atoms with Crippen LogP contribution in [-0.4, -0.2) is 0 Å². The zero-order valence-electron chi connectivity index (χ0n) is 13.3. The lowest BCUT2D eigenvalue weighted by Crippen LogP contribution is -2.02. The monoisotopic (exact) mass is 306 g/mol. The maximum absolute atomic E-state index is 2.26. The van der Waals surface area contributed by atoms with Crippen LogP contribution >= 0.6 is 8.58 Å². The molecule has 0 saturated carbocycles. The first kappa shape index (κ1) is 16.5. The predicted octanol–water partition coefficient (Wildman–Crippen LogP) is 4.87. The molecule has 3 aromatic carbocycles. The highest BCUT2D eigenvalue weighted by Crippen LogP contribution is 2.10. The van der Waals surface area contributed by atoms with Crippen LogP contribution in [0.1, 0.15) is 18.1 Å². The van der Waals surface area contributed by atoms with Crippen LogP contribution in [0.3, 0.4) is 0 Å². The van der Waals surface area contributed by atoms with Gasteiger partial charge in [-0.3, -0.25) is 0 Å². The van der Waals surface area contributed by atoms with E-state index < -0.39 is 0 Å². The van der Waals surface area contributed by atoms with Crippen LogP contribution in [0, 0.1) is 6.92 Å². The smallest absolute Gasteiger partial charge is 0.0224 e. The summed E-state index contributed by atoms with van der Waals surface area (Å²) in [6.07, 6.45) is 1.14. The number of hydrogen-bond acceptors (Lipinski definition) is 0. The van der Waals surface area contributed by atoms with Crippen LogP contribution in [0.5, 0.6) is 0 Å². The lowest BCUT2D eigenvalue weighted by Gasteiger charge is -2.02. The summed E-state index contributed by atoms with van der Waals surface area (Å²) in [6.45, 7) is 4.30. The molecule has 1 atom stereocenters. The van der Waals surface area contributed by atoms with Crippen molar-refractivity contribution in [2.24, 2.45) is 0 Å². The molecule has 112 valence electrons. The minimum absolute atomic E-state index is 0.773. The topological polar surface area (TPSA) is 0 Å². The first-order valence-electron chi connectivity index (χ1n) is 7.70. The molecule has 0 spiro atoms. The molecular formula is C21H23P. The number of hydrogen-bond donors (Lipinski definition) is 0. The van der Waals surface area contributed by atoms with Gasteiger partial charge in [0.2, 0.25) is 0 Å². The number of aryl methyl sites for hydroxylation is 2. The van der Waals surface area contributed by atoms with E-state index in [-0.39, 0.29) is 0 Å². The Morgan fingerprint density at radius 1 is 0.682 bits per heavy atom. The van der Waals surface area contributed by atoms with E-state index in [9.17, 15) is 0 Å². The fourth-order valence-corrected chi connectivity index (χ4v) is 3.30. The van der Waals surface area contributed by atoms with Gasteiger partial charge in [-0.1, -0.05) is 106 Å². The number of benzene rings is 3. The average molecular weight is 306 g/mol. The van der Waals surface area contributed by atoms with Crippen LogP contribution in [0.25, 0.3) is 0 Å². The van der Waals surface area contributed by atoms with E-state index in [1.807, 2.05) is 6.07 Å². The quantitative estimate of drug-likeness (QED) is 0.605. The Kier molecular flexibility index (Phi) is 6.87. The molecular weight excluding hydrogens is 283 g/mol. The van der Waals surface area contributed by atoms with Gasteiger partial charge >= 0.3 is 0 Å². The Morgan fingerprint density at radius 3 is 1.82 bits per heavy atom. The molecule has 1 heteroatoms. The lowest BCUT2D eigenvalue weighted by molar-refractivity contribution is 1.14. The van der Waals surface area contributed by atoms with Gasteiger partial charge in [-0.05, 0) is 29.5 Å². The highest BCUT2D eigenvalue weighted by Gasteiger charge is 1.94. The SMILES string of the molecule is CCc1ccccc1.Cc1cccc(Pc2ccccc2)c1. The van der Waals surface area contributed by atoms with Crippen molar-refractivity contribution in [3.05, 3.63) is 96.1 Å². The third-order valence-corrected chi connectivity index (χ3v) is 4.55. The molecule has 0 nitrogen and oxygen atoms in total. The minimum atomic E-state index is 0.773. The zero-order chi connectivity index (χ0) is 15.6. The van der Waals surface area contributed by atoms with Crippen LogP contribution in [-0.2, 0) is 6.42 Å². The van der Waals surface area contributed by atoms with Crippen LogP contribution in [0.4, 0.5) is 0 Å². The molecule has 0 fully saturated rings. The first-order chi connectivity index (χ1) is 10.8. The van der Waals surface area contributed by atoms with Gasteiger partial charge in [-0.2, -0.15) is 0 Å². The van der Waals surface area contributed by atoms with Gasteiger partial charge in [0, 0.05) is 0 Å². The van der Waals surface area contributed by atoms with Gasteiger partial charge in [0.25, 0.3) is 0 Å². The third-order valence-electron chi connectivity index (χ3n) is 3.33. The van der Waals surface area contributed by atoms with Crippen molar-refractivity contribution in [2.45, 2.75) is 20.3 Å². The van der Waals surface area contributed by atoms with Gasteiger partial charge in [-0.15, -0.1) is 0 Å². The summed E-state index contributed by atoms with van der Waals surface area (Å²) in [5.41, 5.74) is 2.75. The van der Waals surface area contributed by atoms with Crippen LogP contribution < -0.4 is 10.6 Å². The summed E-state index contributed by atoms with van der Waals surface area (Å²) in [5.74, 6) is 0. The average Bonchev–Trinajstić information content (AvgIpc) is 2.57. The molecule has 3 rings (SSSR count). The summed E-state index contributed by atoms with van der Waals surface area (Å²) >= 11 is 0. The first-order valence-corrected chi connectivity index (χ1v) is 8.70. The fourth-order valence-electron chi connectivity index (χ4n) is 2.12. The standard InChI is InChI=1S/C13H13P.C8H10/c1-11-6-5-9-13(10-11)14-12-7-3-2-4-8-12;1-2-8-6-4-3-5-7-8/h2-10,14H,1H3;3-7H,2H2,1H3. The van der Waals surface area contributed by atoms with Gasteiger partial charge in [-0.25, -0.2) is 0 Å². The normalized spacial score (nSPS) is 10.3. The summed E-state index contributed by atoms with van der Waals surface area (Å²) in [4.78, 5) is 0. The molecule has 0 bridgehead atoms. The molecule has 3 aromatic rings. The summed E-state index contributed by atoms with van der Waals surface area (Å²) in [5, 5.41) is 2.81. The van der Waals surface area contributed by atoms with Crippen molar-refractivity contribution < 1.29 is 0 Å². The van der Waals surface area contributed by atoms with Crippen LogP contribution in [0.2, 0.25) is 0 Å². The van der Waals surface area contributed by atoms with Crippen molar-refractivity contribution in [2.75, 3.05) is 0 Å². The molecule has 0 aliphatic carbocycles. The van der Waals surface area contributed by atoms with Gasteiger partial charge < -0.3 is 0 Å². The van der Waals surface area contributed by atoms with Crippen LogP contribution in [0.15, 0.2) is 84.9 Å². The highest BCUT2D eigenvalue weighted by atomic mass is 31.1. The lowest BCUT2D eigenvalue weighted by atomic mass is 10.2. The Balaban J connectivity index is 0.000000188. The Hall–Kier alpha value is -1.91. The summed E-state index contributed by atoms with van der Waals surface area (Å²) in [7, 11) is 0.773. The van der Waals surface area contributed by atoms with Crippen molar-refractivity contribution in [1.82, 2.24) is 0 Å². The third kappa shape index (κ3) is 5.84. The van der Waals surface area contributed by atoms with Crippen molar-refractivity contribution >= 4 is 19.2 Å². The van der Waals surface area contributed by atoms with E-state index in [0.717, 1.165) is 15.0 Å². The Morgan fingerprint density at radius 2 is 1.27 bits per heavy atom. The Labute approximate surface area is 136 Å². The maximum Gasteiger partial charge on any atom is -0.0224 e. The second-order valence-corrected chi connectivity index (χ2v) is 6.60. The largest absolute Gasteiger partial charge is 0.0622 e. The summed E-state index contributed by atoms with van der Waals surface area (Å²) in [6, 6.07) is 29.8. The van der Waals surface area contributed by atoms with Gasteiger partial charge in [0.15, 0.2) is 0 Å². The van der Waals surface area contributed by atoms with Crippen molar-refractivity contribution in [3.8, 4) is 0 Å². The van der Waals surface area contributed by atoms with Crippen molar-refractivity contribution in [1.29, 1.82) is 0 Å². The molecule has 0 aromatic heterocycles. The predicted molar refractivity (Wildman–Crippen MR) is 101 cm³/mol. The molecule has 0 radical (unpaired) electrons. The van der Waals surface area contributed by atoms with E-state index in [2.05, 4.69) is 92.7 Å².